The van der Waals surface area contributed by atoms with E-state index >= 15 is 0 Å². The maximum absolute atomic E-state index is 11.7. The van der Waals surface area contributed by atoms with Crippen LogP contribution in [0.4, 0.5) is 5.95 Å². The van der Waals surface area contributed by atoms with Crippen molar-refractivity contribution in [1.82, 2.24) is 19.9 Å². The monoisotopic (exact) mass is 252 g/mol. The molecule has 4 N–H and O–H groups in total. The number of nitrogens with zero attached hydrogens (tertiary/aromatic N) is 3. The van der Waals surface area contributed by atoms with E-state index in [1.165, 1.54) is 0 Å². The normalized spacial score (nSPS) is 10.5. The van der Waals surface area contributed by atoms with E-state index in [9.17, 15) is 4.79 Å². The minimum Gasteiger partial charge on any atom is -0.369 e. The summed E-state index contributed by atoms with van der Waals surface area (Å²) in [6.07, 6.45) is 0. The standard InChI is InChI=1S/C12H8N6O/c13-5-6-1-3-7(4-2-6)9-15-8-10(16-9)17-12(14)18-11(8)19/h1-4H,(H4,14,15,16,17,18,19). The van der Waals surface area contributed by atoms with Crippen molar-refractivity contribution in [2.45, 2.75) is 0 Å². The maximum atomic E-state index is 11.7. The molecule has 0 spiro atoms. The number of fused-ring (bicyclic) bond motifs is 1. The van der Waals surface area contributed by atoms with Gasteiger partial charge in [-0.2, -0.15) is 10.2 Å². The van der Waals surface area contributed by atoms with E-state index in [2.05, 4.69) is 19.9 Å². The summed E-state index contributed by atoms with van der Waals surface area (Å²) < 4.78 is 0. The van der Waals surface area contributed by atoms with Crippen LogP contribution >= 0.6 is 0 Å². The lowest BCUT2D eigenvalue weighted by atomic mass is 10.1. The van der Waals surface area contributed by atoms with E-state index in [0.29, 0.717) is 11.4 Å². The third-order valence-electron chi connectivity index (χ3n) is 2.67. The van der Waals surface area contributed by atoms with E-state index in [0.717, 1.165) is 5.56 Å². The van der Waals surface area contributed by atoms with Gasteiger partial charge in [0.05, 0.1) is 11.6 Å². The minimum absolute atomic E-state index is 0.0235. The quantitative estimate of drug-likeness (QED) is 0.589. The number of nitriles is 1. The van der Waals surface area contributed by atoms with Crippen LogP contribution in [0.3, 0.4) is 0 Å². The van der Waals surface area contributed by atoms with E-state index in [1.54, 1.807) is 24.3 Å². The van der Waals surface area contributed by atoms with E-state index in [1.807, 2.05) is 6.07 Å². The Balaban J connectivity index is 2.18. The lowest BCUT2D eigenvalue weighted by Crippen LogP contribution is -2.10. The van der Waals surface area contributed by atoms with Crippen LogP contribution in [-0.4, -0.2) is 19.9 Å². The predicted octanol–water partition coefficient (Wildman–Crippen LogP) is 0.767. The Bertz CT molecular complexity index is 853. The Morgan fingerprint density at radius 1 is 1.16 bits per heavy atom. The van der Waals surface area contributed by atoms with Crippen molar-refractivity contribution < 1.29 is 0 Å². The molecule has 0 radical (unpaired) electrons. The molecule has 7 heteroatoms. The molecule has 19 heavy (non-hydrogen) atoms. The molecule has 0 aliphatic rings. The molecule has 0 unspecified atom stereocenters. The summed E-state index contributed by atoms with van der Waals surface area (Å²) >= 11 is 0. The number of benzene rings is 1. The smallest absolute Gasteiger partial charge is 0.278 e. The number of hydrogen-bond donors (Lipinski definition) is 3. The fraction of sp³-hybridized carbons (Fsp3) is 0. The van der Waals surface area contributed by atoms with Crippen molar-refractivity contribution in [3.63, 3.8) is 0 Å². The number of anilines is 1. The number of rotatable bonds is 1. The second-order valence-electron chi connectivity index (χ2n) is 3.92. The highest BCUT2D eigenvalue weighted by Crippen LogP contribution is 2.18. The summed E-state index contributed by atoms with van der Waals surface area (Å²) in [6, 6.07) is 8.87. The molecule has 1 aromatic carbocycles. The molecule has 2 aromatic heterocycles. The minimum atomic E-state index is -0.366. The van der Waals surface area contributed by atoms with Gasteiger partial charge in [-0.1, -0.05) is 0 Å². The summed E-state index contributed by atoms with van der Waals surface area (Å²) in [6.45, 7) is 0. The largest absolute Gasteiger partial charge is 0.369 e. The number of H-pyrrole nitrogens is 2. The summed E-state index contributed by atoms with van der Waals surface area (Å²) in [7, 11) is 0. The topological polar surface area (TPSA) is 124 Å². The van der Waals surface area contributed by atoms with Crippen molar-refractivity contribution in [2.75, 3.05) is 5.73 Å². The molecular formula is C12H8N6O. The van der Waals surface area contributed by atoms with Crippen molar-refractivity contribution in [3.05, 3.63) is 40.2 Å². The molecular weight excluding hydrogens is 244 g/mol. The van der Waals surface area contributed by atoms with Crippen LogP contribution in [0.25, 0.3) is 22.6 Å². The van der Waals surface area contributed by atoms with Crippen LogP contribution in [0.2, 0.25) is 0 Å². The highest BCUT2D eigenvalue weighted by Gasteiger charge is 2.10. The van der Waals surface area contributed by atoms with Gasteiger partial charge in [0.25, 0.3) is 5.56 Å². The lowest BCUT2D eigenvalue weighted by molar-refractivity contribution is 1.17. The van der Waals surface area contributed by atoms with Gasteiger partial charge in [0.15, 0.2) is 11.2 Å². The Kier molecular flexibility index (Phi) is 2.29. The summed E-state index contributed by atoms with van der Waals surface area (Å²) in [5, 5.41) is 8.74. The van der Waals surface area contributed by atoms with Gasteiger partial charge >= 0.3 is 0 Å². The average molecular weight is 252 g/mol. The van der Waals surface area contributed by atoms with E-state index in [4.69, 9.17) is 11.0 Å². The summed E-state index contributed by atoms with van der Waals surface area (Å²) in [5.41, 5.74) is 6.94. The molecule has 0 aliphatic carbocycles. The van der Waals surface area contributed by atoms with Crippen LogP contribution < -0.4 is 11.3 Å². The van der Waals surface area contributed by atoms with Crippen molar-refractivity contribution in [1.29, 1.82) is 5.26 Å². The van der Waals surface area contributed by atoms with Gasteiger partial charge in [-0.3, -0.25) is 9.78 Å². The highest BCUT2D eigenvalue weighted by atomic mass is 16.1. The van der Waals surface area contributed by atoms with Gasteiger partial charge in [0.2, 0.25) is 5.95 Å². The first-order valence-electron chi connectivity index (χ1n) is 5.43. The molecule has 0 saturated carbocycles. The van der Waals surface area contributed by atoms with Crippen molar-refractivity contribution in [2.24, 2.45) is 0 Å². The number of hydrogen-bond acceptors (Lipinski definition) is 5. The zero-order valence-electron chi connectivity index (χ0n) is 9.64. The first kappa shape index (κ1) is 11.0. The molecule has 0 atom stereocenters. The molecule has 0 saturated heterocycles. The number of nitrogens with one attached hydrogen (secondary N) is 2. The number of nitrogen functional groups attached to an aromatic ring is 1. The third-order valence-corrected chi connectivity index (χ3v) is 2.67. The first-order valence-corrected chi connectivity index (χ1v) is 5.43. The number of aromatic nitrogens is 4. The fourth-order valence-electron chi connectivity index (χ4n) is 1.76. The van der Waals surface area contributed by atoms with Crippen LogP contribution in [0.1, 0.15) is 5.56 Å². The number of nitrogens with two attached hydrogens (primary N) is 1. The van der Waals surface area contributed by atoms with Crippen LogP contribution in [0, 0.1) is 11.3 Å². The highest BCUT2D eigenvalue weighted by molar-refractivity contribution is 5.75. The summed E-state index contributed by atoms with van der Waals surface area (Å²) in [4.78, 5) is 25.1. The molecule has 2 heterocycles. The Morgan fingerprint density at radius 2 is 1.89 bits per heavy atom. The van der Waals surface area contributed by atoms with Gasteiger partial charge in [0.1, 0.15) is 5.82 Å². The summed E-state index contributed by atoms with van der Waals surface area (Å²) in [5.74, 6) is 0.526. The third kappa shape index (κ3) is 1.81. The Morgan fingerprint density at radius 3 is 2.58 bits per heavy atom. The van der Waals surface area contributed by atoms with Gasteiger partial charge in [0, 0.05) is 5.56 Å². The molecule has 92 valence electrons. The van der Waals surface area contributed by atoms with Gasteiger partial charge in [-0.25, -0.2) is 4.98 Å². The second kappa shape index (κ2) is 3.96. The van der Waals surface area contributed by atoms with Gasteiger partial charge in [-0.15, -0.1) is 0 Å². The van der Waals surface area contributed by atoms with Crippen molar-refractivity contribution >= 4 is 17.1 Å². The molecule has 0 aliphatic heterocycles. The molecule has 3 aromatic rings. The van der Waals surface area contributed by atoms with Crippen LogP contribution in [-0.2, 0) is 0 Å². The Hall–Kier alpha value is -3.14. The fourth-order valence-corrected chi connectivity index (χ4v) is 1.76. The van der Waals surface area contributed by atoms with Crippen molar-refractivity contribution in [3.8, 4) is 17.5 Å². The number of imidazole rings is 1. The van der Waals surface area contributed by atoms with Crippen LogP contribution in [0.15, 0.2) is 29.1 Å². The number of aromatic amines is 2. The molecule has 3 rings (SSSR count). The molecule has 0 bridgehead atoms. The molecule has 0 amide bonds. The van der Waals surface area contributed by atoms with E-state index in [-0.39, 0.29) is 22.7 Å². The van der Waals surface area contributed by atoms with E-state index < -0.39 is 0 Å². The van der Waals surface area contributed by atoms with Gasteiger partial charge in [-0.05, 0) is 24.3 Å². The molecule has 0 fully saturated rings. The average Bonchev–Trinajstić information content (AvgIpc) is 2.83. The zero-order chi connectivity index (χ0) is 13.4. The molecule has 7 nitrogen and oxygen atoms in total. The first-order chi connectivity index (χ1) is 9.17. The second-order valence-corrected chi connectivity index (χ2v) is 3.92. The predicted molar refractivity (Wildman–Crippen MR) is 69.1 cm³/mol. The van der Waals surface area contributed by atoms with Crippen LogP contribution in [0.5, 0.6) is 0 Å². The SMILES string of the molecule is N#Cc1ccc(-c2nc3nc(N)[nH]c(=O)c3[nH]2)cc1. The lowest BCUT2D eigenvalue weighted by Gasteiger charge is -1.95. The Labute approximate surface area is 106 Å². The maximum Gasteiger partial charge on any atom is 0.278 e. The van der Waals surface area contributed by atoms with Gasteiger partial charge < -0.3 is 10.7 Å². The zero-order valence-corrected chi connectivity index (χ0v) is 9.64.